The predicted octanol–water partition coefficient (Wildman–Crippen LogP) is 0.739. The molecule has 0 unspecified atom stereocenters. The zero-order valence-corrected chi connectivity index (χ0v) is 8.43. The zero-order valence-electron chi connectivity index (χ0n) is 8.43. The fraction of sp³-hybridized carbons (Fsp3) is 0.500. The second kappa shape index (κ2) is 3.58. The lowest BCUT2D eigenvalue weighted by Gasteiger charge is -2.12. The van der Waals surface area contributed by atoms with Gasteiger partial charge in [-0.1, -0.05) is 0 Å². The van der Waals surface area contributed by atoms with Gasteiger partial charge in [0.2, 0.25) is 0 Å². The summed E-state index contributed by atoms with van der Waals surface area (Å²) in [6.45, 7) is 0.304. The van der Waals surface area contributed by atoms with Crippen molar-refractivity contribution in [1.29, 1.82) is 0 Å². The zero-order chi connectivity index (χ0) is 10.9. The number of nitrogens with zero attached hydrogens (tertiary/aromatic N) is 2. The summed E-state index contributed by atoms with van der Waals surface area (Å²) in [7, 11) is 1.55. The fourth-order valence-corrected chi connectivity index (χ4v) is 1.69. The molecule has 0 amide bonds. The molecule has 0 saturated heterocycles. The van der Waals surface area contributed by atoms with E-state index in [1.165, 1.54) is 6.20 Å². The lowest BCUT2D eigenvalue weighted by molar-refractivity contribution is -0.140. The van der Waals surface area contributed by atoms with E-state index in [0.717, 1.165) is 0 Å². The molecule has 1 fully saturated rings. The largest absolute Gasteiger partial charge is 0.481 e. The molecule has 1 saturated carbocycles. The number of rotatable bonds is 4. The van der Waals surface area contributed by atoms with E-state index in [9.17, 15) is 4.79 Å². The lowest BCUT2D eigenvalue weighted by Crippen LogP contribution is -2.23. The van der Waals surface area contributed by atoms with Crippen molar-refractivity contribution in [3.05, 3.63) is 23.8 Å². The van der Waals surface area contributed by atoms with Gasteiger partial charge in [-0.15, -0.1) is 0 Å². The molecule has 1 aromatic heterocycles. The number of ether oxygens (including phenoxy) is 1. The smallest absolute Gasteiger partial charge is 0.315 e. The average molecular weight is 208 g/mol. The SMILES string of the molecule is COCc1nccnc1C1(C(=O)O)CC1. The van der Waals surface area contributed by atoms with Crippen LogP contribution < -0.4 is 0 Å². The summed E-state index contributed by atoms with van der Waals surface area (Å²) in [5.41, 5.74) is 0.376. The molecule has 1 aromatic rings. The molecular weight excluding hydrogens is 196 g/mol. The van der Waals surface area contributed by atoms with E-state index < -0.39 is 11.4 Å². The molecule has 0 radical (unpaired) electrons. The first-order valence-corrected chi connectivity index (χ1v) is 4.73. The highest BCUT2D eigenvalue weighted by molar-refractivity contribution is 5.84. The number of methoxy groups -OCH3 is 1. The van der Waals surface area contributed by atoms with E-state index in [1.807, 2.05) is 0 Å². The summed E-state index contributed by atoms with van der Waals surface area (Å²) in [5, 5.41) is 9.14. The highest BCUT2D eigenvalue weighted by atomic mass is 16.5. The maximum atomic E-state index is 11.1. The molecule has 1 N–H and O–H groups in total. The second-order valence-corrected chi connectivity index (χ2v) is 3.67. The molecule has 0 spiro atoms. The highest BCUT2D eigenvalue weighted by Gasteiger charge is 2.54. The van der Waals surface area contributed by atoms with Crippen LogP contribution >= 0.6 is 0 Å². The summed E-state index contributed by atoms with van der Waals surface area (Å²) in [4.78, 5) is 19.4. The van der Waals surface area contributed by atoms with Gasteiger partial charge in [-0.05, 0) is 12.8 Å². The predicted molar refractivity (Wildman–Crippen MR) is 51.3 cm³/mol. The minimum Gasteiger partial charge on any atom is -0.481 e. The van der Waals surface area contributed by atoms with Crippen LogP contribution in [0.2, 0.25) is 0 Å². The van der Waals surface area contributed by atoms with Crippen LogP contribution in [0.3, 0.4) is 0 Å². The normalized spacial score (nSPS) is 17.4. The lowest BCUT2D eigenvalue weighted by atomic mass is 10.0. The third-order valence-electron chi connectivity index (χ3n) is 2.67. The molecule has 0 atom stereocenters. The van der Waals surface area contributed by atoms with E-state index in [4.69, 9.17) is 9.84 Å². The Morgan fingerprint density at radius 3 is 2.73 bits per heavy atom. The monoisotopic (exact) mass is 208 g/mol. The molecule has 5 heteroatoms. The Morgan fingerprint density at radius 1 is 1.53 bits per heavy atom. The van der Waals surface area contributed by atoms with E-state index in [2.05, 4.69) is 9.97 Å². The molecule has 1 aliphatic rings. The topological polar surface area (TPSA) is 72.3 Å². The Labute approximate surface area is 87.1 Å². The van der Waals surface area contributed by atoms with E-state index in [1.54, 1.807) is 13.3 Å². The van der Waals surface area contributed by atoms with Crippen molar-refractivity contribution in [2.75, 3.05) is 7.11 Å². The Bertz CT molecular complexity index is 388. The van der Waals surface area contributed by atoms with Gasteiger partial charge in [0.15, 0.2) is 0 Å². The summed E-state index contributed by atoms with van der Waals surface area (Å²) >= 11 is 0. The van der Waals surface area contributed by atoms with E-state index >= 15 is 0 Å². The van der Waals surface area contributed by atoms with Gasteiger partial charge in [-0.25, -0.2) is 0 Å². The van der Waals surface area contributed by atoms with Gasteiger partial charge >= 0.3 is 5.97 Å². The van der Waals surface area contributed by atoms with Gasteiger partial charge < -0.3 is 9.84 Å². The van der Waals surface area contributed by atoms with Crippen molar-refractivity contribution in [3.63, 3.8) is 0 Å². The van der Waals surface area contributed by atoms with Crippen molar-refractivity contribution in [2.24, 2.45) is 0 Å². The van der Waals surface area contributed by atoms with Gasteiger partial charge in [0.25, 0.3) is 0 Å². The molecule has 0 aliphatic heterocycles. The molecular formula is C10H12N2O3. The molecule has 15 heavy (non-hydrogen) atoms. The highest BCUT2D eigenvalue weighted by Crippen LogP contribution is 2.48. The minimum atomic E-state index is -0.819. The molecule has 80 valence electrons. The third-order valence-corrected chi connectivity index (χ3v) is 2.67. The number of aliphatic carboxylic acids is 1. The summed E-state index contributed by atoms with van der Waals surface area (Å²) in [5.74, 6) is -0.819. The number of aromatic nitrogens is 2. The van der Waals surface area contributed by atoms with E-state index in [0.29, 0.717) is 30.8 Å². The van der Waals surface area contributed by atoms with Gasteiger partial charge in [-0.3, -0.25) is 14.8 Å². The minimum absolute atomic E-state index is 0.304. The Hall–Kier alpha value is -1.49. The number of carbonyl (C=O) groups is 1. The van der Waals surface area contributed by atoms with Crippen molar-refractivity contribution < 1.29 is 14.6 Å². The maximum absolute atomic E-state index is 11.1. The van der Waals surface area contributed by atoms with Crippen molar-refractivity contribution in [2.45, 2.75) is 24.9 Å². The summed E-state index contributed by atoms with van der Waals surface area (Å²) in [6.07, 6.45) is 4.35. The Morgan fingerprint density at radius 2 is 2.20 bits per heavy atom. The first kappa shape index (κ1) is 10.0. The van der Waals surface area contributed by atoms with Crippen LogP contribution in [-0.2, 0) is 21.6 Å². The van der Waals surface area contributed by atoms with Crippen molar-refractivity contribution in [3.8, 4) is 0 Å². The standard InChI is InChI=1S/C10H12N2O3/c1-15-6-7-8(12-5-4-11-7)10(2-3-10)9(13)14/h4-5H,2-3,6H2,1H3,(H,13,14). The Balaban J connectivity index is 2.39. The second-order valence-electron chi connectivity index (χ2n) is 3.67. The van der Waals surface area contributed by atoms with Crippen molar-refractivity contribution >= 4 is 5.97 Å². The van der Waals surface area contributed by atoms with Gasteiger partial charge in [0.05, 0.1) is 18.0 Å². The van der Waals surface area contributed by atoms with Crippen LogP contribution in [0, 0.1) is 0 Å². The fourth-order valence-electron chi connectivity index (χ4n) is 1.69. The Kier molecular flexibility index (Phi) is 2.40. The first-order chi connectivity index (χ1) is 7.20. The van der Waals surface area contributed by atoms with Crippen LogP contribution in [0.15, 0.2) is 12.4 Å². The number of hydrogen-bond donors (Lipinski definition) is 1. The van der Waals surface area contributed by atoms with Crippen LogP contribution in [0.1, 0.15) is 24.2 Å². The van der Waals surface area contributed by atoms with Crippen LogP contribution in [0.25, 0.3) is 0 Å². The molecule has 1 aliphatic carbocycles. The number of carboxylic acid groups (broad SMARTS) is 1. The quantitative estimate of drug-likeness (QED) is 0.790. The third kappa shape index (κ3) is 1.59. The molecule has 0 bridgehead atoms. The number of carboxylic acids is 1. The van der Waals surface area contributed by atoms with E-state index in [-0.39, 0.29) is 0 Å². The van der Waals surface area contributed by atoms with Gasteiger partial charge in [0, 0.05) is 19.5 Å². The average Bonchev–Trinajstić information content (AvgIpc) is 3.00. The van der Waals surface area contributed by atoms with Crippen molar-refractivity contribution in [1.82, 2.24) is 9.97 Å². The molecule has 5 nitrogen and oxygen atoms in total. The summed E-state index contributed by atoms with van der Waals surface area (Å²) < 4.78 is 4.98. The summed E-state index contributed by atoms with van der Waals surface area (Å²) in [6, 6.07) is 0. The van der Waals surface area contributed by atoms with Gasteiger partial charge in [0.1, 0.15) is 5.41 Å². The maximum Gasteiger partial charge on any atom is 0.315 e. The number of hydrogen-bond acceptors (Lipinski definition) is 4. The molecule has 1 heterocycles. The van der Waals surface area contributed by atoms with Crippen LogP contribution in [-0.4, -0.2) is 28.2 Å². The molecule has 2 rings (SSSR count). The van der Waals surface area contributed by atoms with Crippen LogP contribution in [0.5, 0.6) is 0 Å². The van der Waals surface area contributed by atoms with Gasteiger partial charge in [-0.2, -0.15) is 0 Å². The first-order valence-electron chi connectivity index (χ1n) is 4.73. The molecule has 0 aromatic carbocycles. The van der Waals surface area contributed by atoms with Crippen LogP contribution in [0.4, 0.5) is 0 Å².